The Hall–Kier alpha value is -2.78. The quantitative estimate of drug-likeness (QED) is 0.531. The minimum absolute atomic E-state index is 0.0555. The molecule has 1 aliphatic carbocycles. The molecule has 0 spiro atoms. The van der Waals surface area contributed by atoms with Gasteiger partial charge in [0.2, 0.25) is 10.0 Å². The monoisotopic (exact) mass is 495 g/mol. The highest BCUT2D eigenvalue weighted by Gasteiger charge is 2.48. The van der Waals surface area contributed by atoms with Crippen LogP contribution >= 0.6 is 0 Å². The fraction of sp³-hybridized carbons (Fsp3) is 0.462. The van der Waals surface area contributed by atoms with Gasteiger partial charge in [-0.1, -0.05) is 36.4 Å². The first-order valence-electron chi connectivity index (χ1n) is 12.3. The summed E-state index contributed by atoms with van der Waals surface area (Å²) in [5.41, 5.74) is 2.08. The minimum atomic E-state index is -3.60. The van der Waals surface area contributed by atoms with Gasteiger partial charge in [0.15, 0.2) is 0 Å². The van der Waals surface area contributed by atoms with E-state index in [9.17, 15) is 8.42 Å². The third-order valence-corrected chi connectivity index (χ3v) is 10.6. The van der Waals surface area contributed by atoms with Crippen LogP contribution in [0.3, 0.4) is 0 Å². The third kappa shape index (κ3) is 3.94. The zero-order chi connectivity index (χ0) is 24.2. The second kappa shape index (κ2) is 8.71. The Balaban J connectivity index is 1.18. The summed E-state index contributed by atoms with van der Waals surface area (Å²) in [6.45, 7) is 3.71. The average Bonchev–Trinajstić information content (AvgIpc) is 3.36. The first-order valence-corrected chi connectivity index (χ1v) is 13.8. The molecule has 7 rings (SSSR count). The number of halogens is 1. The summed E-state index contributed by atoms with van der Waals surface area (Å²) in [5, 5.41) is 7.30. The number of hydrogen-bond acceptors (Lipinski definition) is 5. The molecule has 35 heavy (non-hydrogen) atoms. The summed E-state index contributed by atoms with van der Waals surface area (Å²) in [6.07, 6.45) is 6.08. The Morgan fingerprint density at radius 1 is 1.00 bits per heavy atom. The van der Waals surface area contributed by atoms with E-state index < -0.39 is 15.3 Å². The van der Waals surface area contributed by atoms with E-state index >= 15 is 4.39 Å². The number of nitrogens with zero attached hydrogens (tertiary/aromatic N) is 5. The van der Waals surface area contributed by atoms with Crippen LogP contribution in [-0.4, -0.2) is 46.6 Å². The summed E-state index contributed by atoms with van der Waals surface area (Å²) in [6, 6.07) is 14.9. The zero-order valence-corrected chi connectivity index (χ0v) is 20.6. The predicted molar refractivity (Wildman–Crippen MR) is 132 cm³/mol. The number of sulfonamides is 1. The molecule has 7 nitrogen and oxygen atoms in total. The molecular weight excluding hydrogens is 465 g/mol. The van der Waals surface area contributed by atoms with E-state index in [1.165, 1.54) is 10.7 Å². The number of benzene rings is 2. The number of piperidine rings is 2. The maximum Gasteiger partial charge on any atom is 0.221 e. The standard InChI is InChI=1S/C26H30FN5O2S/c1-18-7-10-25(19-5-3-2-4-6-19)35(33,34)32(18)15-20-8-9-23(12-24(20)27)30-13-21-11-22(14-30)26(21)31-16-28-29-17-31/h2-6,8-9,12,16-18,21-22,25-26H,7,10-11,13-15H2,1H3. The van der Waals surface area contributed by atoms with Crippen LogP contribution in [0.25, 0.3) is 0 Å². The van der Waals surface area contributed by atoms with Crippen LogP contribution in [0.2, 0.25) is 0 Å². The zero-order valence-electron chi connectivity index (χ0n) is 19.7. The van der Waals surface area contributed by atoms with Crippen molar-refractivity contribution >= 4 is 15.7 Å². The van der Waals surface area contributed by atoms with Gasteiger partial charge in [-0.15, -0.1) is 10.2 Å². The third-order valence-electron chi connectivity index (χ3n) is 8.19. The van der Waals surface area contributed by atoms with E-state index in [0.29, 0.717) is 29.9 Å². The molecule has 0 radical (unpaired) electrons. The first kappa shape index (κ1) is 22.7. The topological polar surface area (TPSA) is 71.3 Å². The fourth-order valence-electron chi connectivity index (χ4n) is 6.30. The lowest BCUT2D eigenvalue weighted by atomic mass is 9.66. The summed E-state index contributed by atoms with van der Waals surface area (Å²) >= 11 is 0. The van der Waals surface area contributed by atoms with E-state index in [-0.39, 0.29) is 18.4 Å². The molecule has 4 heterocycles. The Morgan fingerprint density at radius 3 is 2.40 bits per heavy atom. The first-order chi connectivity index (χ1) is 16.9. The highest BCUT2D eigenvalue weighted by molar-refractivity contribution is 7.89. The molecule has 0 amide bonds. The van der Waals surface area contributed by atoms with Crippen molar-refractivity contribution < 1.29 is 12.8 Å². The van der Waals surface area contributed by atoms with Gasteiger partial charge >= 0.3 is 0 Å². The number of hydrogen-bond donors (Lipinski definition) is 0. The van der Waals surface area contributed by atoms with Crippen LogP contribution in [0.5, 0.6) is 0 Å². The van der Waals surface area contributed by atoms with Crippen LogP contribution in [0, 0.1) is 17.7 Å². The van der Waals surface area contributed by atoms with Gasteiger partial charge in [-0.2, -0.15) is 4.31 Å². The molecule has 9 heteroatoms. The van der Waals surface area contributed by atoms with Gasteiger partial charge in [0, 0.05) is 43.0 Å². The molecule has 4 atom stereocenters. The molecule has 0 N–H and O–H groups in total. The van der Waals surface area contributed by atoms with E-state index in [1.807, 2.05) is 43.3 Å². The Morgan fingerprint density at radius 2 is 1.71 bits per heavy atom. The second-order valence-electron chi connectivity index (χ2n) is 10.3. The number of aromatic nitrogens is 3. The number of anilines is 1. The Kier molecular flexibility index (Phi) is 5.64. The second-order valence-corrected chi connectivity index (χ2v) is 12.3. The van der Waals surface area contributed by atoms with E-state index in [2.05, 4.69) is 19.7 Å². The molecule has 3 aliphatic heterocycles. The van der Waals surface area contributed by atoms with Crippen molar-refractivity contribution in [3.8, 4) is 0 Å². The molecule has 184 valence electrons. The summed E-state index contributed by atoms with van der Waals surface area (Å²) < 4.78 is 45.9. The Bertz CT molecular complexity index is 1290. The van der Waals surface area contributed by atoms with Gasteiger partial charge in [-0.05, 0) is 55.7 Å². The van der Waals surface area contributed by atoms with Crippen molar-refractivity contribution in [2.24, 2.45) is 11.8 Å². The molecule has 1 saturated carbocycles. The fourth-order valence-corrected chi connectivity index (χ4v) is 8.49. The molecule has 4 aliphatic rings. The number of fused-ring (bicyclic) bond motifs is 2. The van der Waals surface area contributed by atoms with Crippen molar-refractivity contribution in [2.75, 3.05) is 18.0 Å². The predicted octanol–water partition coefficient (Wildman–Crippen LogP) is 4.17. The molecule has 3 aromatic rings. The molecule has 3 saturated heterocycles. The maximum atomic E-state index is 15.3. The lowest BCUT2D eigenvalue weighted by Gasteiger charge is -2.54. The van der Waals surface area contributed by atoms with Gasteiger partial charge in [-0.25, -0.2) is 12.8 Å². The van der Waals surface area contributed by atoms with Gasteiger partial charge in [0.1, 0.15) is 23.7 Å². The lowest BCUT2D eigenvalue weighted by Crippen LogP contribution is -2.55. The van der Waals surface area contributed by atoms with Crippen LogP contribution < -0.4 is 4.90 Å². The summed E-state index contributed by atoms with van der Waals surface area (Å²) in [4.78, 5) is 2.25. The average molecular weight is 496 g/mol. The van der Waals surface area contributed by atoms with Gasteiger partial charge in [-0.3, -0.25) is 0 Å². The van der Waals surface area contributed by atoms with Crippen molar-refractivity contribution in [1.82, 2.24) is 19.1 Å². The smallest absolute Gasteiger partial charge is 0.221 e. The van der Waals surface area contributed by atoms with Crippen LogP contribution in [0.1, 0.15) is 48.6 Å². The molecule has 4 fully saturated rings. The van der Waals surface area contributed by atoms with E-state index in [1.54, 1.807) is 24.8 Å². The van der Waals surface area contributed by atoms with E-state index in [0.717, 1.165) is 30.8 Å². The van der Waals surface area contributed by atoms with Crippen molar-refractivity contribution in [3.05, 3.63) is 78.1 Å². The largest absolute Gasteiger partial charge is 0.371 e. The maximum absolute atomic E-state index is 15.3. The summed E-state index contributed by atoms with van der Waals surface area (Å²) in [5.74, 6) is 0.657. The molecule has 2 bridgehead atoms. The van der Waals surface area contributed by atoms with Crippen molar-refractivity contribution in [1.29, 1.82) is 0 Å². The van der Waals surface area contributed by atoms with Crippen molar-refractivity contribution in [3.63, 3.8) is 0 Å². The van der Waals surface area contributed by atoms with Crippen molar-refractivity contribution in [2.45, 2.75) is 50.1 Å². The van der Waals surface area contributed by atoms with E-state index in [4.69, 9.17) is 0 Å². The highest BCUT2D eigenvalue weighted by Crippen LogP contribution is 2.49. The van der Waals surface area contributed by atoms with Crippen LogP contribution in [-0.2, 0) is 16.6 Å². The molecular formula is C26H30FN5O2S. The highest BCUT2D eigenvalue weighted by atomic mass is 32.2. The van der Waals surface area contributed by atoms with Gasteiger partial charge in [0.25, 0.3) is 0 Å². The molecule has 4 unspecified atom stereocenters. The van der Waals surface area contributed by atoms with Gasteiger partial charge < -0.3 is 9.47 Å². The normalized spacial score (nSPS) is 30.1. The van der Waals surface area contributed by atoms with Crippen LogP contribution in [0.15, 0.2) is 61.2 Å². The van der Waals surface area contributed by atoms with Crippen LogP contribution in [0.4, 0.5) is 10.1 Å². The van der Waals surface area contributed by atoms with Gasteiger partial charge in [0.05, 0.1) is 0 Å². The molecule has 1 aromatic heterocycles. The summed E-state index contributed by atoms with van der Waals surface area (Å²) in [7, 11) is -3.60. The lowest BCUT2D eigenvalue weighted by molar-refractivity contribution is 0.0579. The SMILES string of the molecule is CC1CCC(c2ccccc2)S(=O)(=O)N1Cc1ccc(N2CC3CC(C2)C3n2cnnc2)cc1F. The number of rotatable bonds is 5. The minimum Gasteiger partial charge on any atom is -0.371 e. The Labute approximate surface area is 205 Å². The molecule has 2 aromatic carbocycles.